The number of phenols is 1. The Morgan fingerprint density at radius 2 is 1.92 bits per heavy atom. The molecule has 0 unspecified atom stereocenters. The SMILES string of the molecule is CN=c1scc(-c2ccc(Cl)cc2)n1N=Cc1cc(Br)cc(Br)c1O. The molecule has 0 amide bonds. The van der Waals surface area contributed by atoms with Crippen LogP contribution in [0.2, 0.25) is 5.02 Å². The number of thiazole rings is 1. The fourth-order valence-corrected chi connectivity index (χ4v) is 4.37. The molecule has 3 aromatic rings. The van der Waals surface area contributed by atoms with Gasteiger partial charge in [0.15, 0.2) is 0 Å². The van der Waals surface area contributed by atoms with Crippen LogP contribution in [0.5, 0.6) is 5.75 Å². The van der Waals surface area contributed by atoms with Crippen LogP contribution in [-0.4, -0.2) is 23.0 Å². The number of hydrogen-bond donors (Lipinski definition) is 1. The van der Waals surface area contributed by atoms with Gasteiger partial charge in [0.1, 0.15) is 5.75 Å². The van der Waals surface area contributed by atoms with Crippen molar-refractivity contribution in [2.75, 3.05) is 7.05 Å². The van der Waals surface area contributed by atoms with Gasteiger partial charge in [-0.1, -0.05) is 39.7 Å². The summed E-state index contributed by atoms with van der Waals surface area (Å²) in [5, 5.41) is 17.4. The van der Waals surface area contributed by atoms with Gasteiger partial charge < -0.3 is 5.11 Å². The monoisotopic (exact) mass is 499 g/mol. The van der Waals surface area contributed by atoms with Gasteiger partial charge in [-0.3, -0.25) is 4.99 Å². The predicted molar refractivity (Wildman–Crippen MR) is 111 cm³/mol. The molecule has 0 atom stereocenters. The van der Waals surface area contributed by atoms with Crippen molar-refractivity contribution >= 4 is 61.0 Å². The molecule has 2 aromatic carbocycles. The maximum absolute atomic E-state index is 10.2. The normalized spacial score (nSPS) is 12.2. The van der Waals surface area contributed by atoms with Crippen LogP contribution < -0.4 is 4.80 Å². The molecule has 0 spiro atoms. The van der Waals surface area contributed by atoms with Crippen molar-refractivity contribution in [2.24, 2.45) is 10.1 Å². The number of halogens is 3. The summed E-state index contributed by atoms with van der Waals surface area (Å²) in [5.74, 6) is 0.130. The molecule has 0 radical (unpaired) electrons. The van der Waals surface area contributed by atoms with Gasteiger partial charge in [0.25, 0.3) is 0 Å². The first-order valence-corrected chi connectivity index (χ1v) is 9.95. The Hall–Kier alpha value is -1.41. The minimum absolute atomic E-state index is 0.130. The average Bonchev–Trinajstić information content (AvgIpc) is 3.00. The zero-order valence-electron chi connectivity index (χ0n) is 12.9. The van der Waals surface area contributed by atoms with Crippen LogP contribution in [-0.2, 0) is 0 Å². The van der Waals surface area contributed by atoms with Gasteiger partial charge in [0.05, 0.1) is 16.4 Å². The van der Waals surface area contributed by atoms with E-state index in [2.05, 4.69) is 42.0 Å². The molecular formula is C17H12Br2ClN3OS. The van der Waals surface area contributed by atoms with E-state index in [9.17, 15) is 5.11 Å². The lowest BCUT2D eigenvalue weighted by molar-refractivity contribution is 0.471. The van der Waals surface area contributed by atoms with Crippen LogP contribution in [0.4, 0.5) is 0 Å². The number of aromatic nitrogens is 1. The molecule has 0 saturated heterocycles. The highest BCUT2D eigenvalue weighted by Gasteiger charge is 2.09. The molecule has 0 saturated carbocycles. The van der Waals surface area contributed by atoms with Crippen LogP contribution in [0.25, 0.3) is 11.3 Å². The molecule has 1 heterocycles. The molecular weight excluding hydrogens is 490 g/mol. The summed E-state index contributed by atoms with van der Waals surface area (Å²) in [7, 11) is 1.72. The predicted octanol–water partition coefficient (Wildman–Crippen LogP) is 5.51. The first-order valence-electron chi connectivity index (χ1n) is 7.11. The Kier molecular flexibility index (Phi) is 5.78. The summed E-state index contributed by atoms with van der Waals surface area (Å²) in [4.78, 5) is 5.01. The van der Waals surface area contributed by atoms with Crippen LogP contribution in [0.1, 0.15) is 5.56 Å². The van der Waals surface area contributed by atoms with Crippen molar-refractivity contribution in [3.63, 3.8) is 0 Å². The summed E-state index contributed by atoms with van der Waals surface area (Å²) in [6.45, 7) is 0. The average molecular weight is 502 g/mol. The minimum Gasteiger partial charge on any atom is -0.506 e. The van der Waals surface area contributed by atoms with Crippen molar-refractivity contribution in [1.29, 1.82) is 0 Å². The molecule has 8 heteroatoms. The molecule has 1 aromatic heterocycles. The van der Waals surface area contributed by atoms with E-state index in [1.807, 2.05) is 29.6 Å². The molecule has 25 heavy (non-hydrogen) atoms. The van der Waals surface area contributed by atoms with Gasteiger partial charge in [-0.05, 0) is 40.2 Å². The Morgan fingerprint density at radius 3 is 2.60 bits per heavy atom. The highest BCUT2D eigenvalue weighted by atomic mass is 79.9. The largest absolute Gasteiger partial charge is 0.506 e. The Balaban J connectivity index is 2.09. The van der Waals surface area contributed by atoms with E-state index in [-0.39, 0.29) is 5.75 Å². The smallest absolute Gasteiger partial charge is 0.205 e. The number of aromatic hydroxyl groups is 1. The summed E-state index contributed by atoms with van der Waals surface area (Å²) in [6.07, 6.45) is 1.60. The lowest BCUT2D eigenvalue weighted by Crippen LogP contribution is -2.11. The van der Waals surface area contributed by atoms with Crippen molar-refractivity contribution in [3.05, 3.63) is 66.1 Å². The minimum atomic E-state index is 0.130. The summed E-state index contributed by atoms with van der Waals surface area (Å²) >= 11 is 14.2. The second-order valence-electron chi connectivity index (χ2n) is 5.02. The first kappa shape index (κ1) is 18.4. The van der Waals surface area contributed by atoms with E-state index in [1.54, 1.807) is 30.1 Å². The molecule has 0 fully saturated rings. The van der Waals surface area contributed by atoms with E-state index in [4.69, 9.17) is 11.6 Å². The topological polar surface area (TPSA) is 49.9 Å². The van der Waals surface area contributed by atoms with Crippen molar-refractivity contribution in [2.45, 2.75) is 0 Å². The standard InChI is InChI=1S/C17H12Br2ClN3OS/c1-21-17-23(15(9-25-17)10-2-4-13(20)5-3-10)22-8-11-6-12(18)7-14(19)16(11)24/h2-9,24H,1H3. The number of benzene rings is 2. The Bertz CT molecular complexity index is 1010. The number of nitrogens with zero attached hydrogens (tertiary/aromatic N) is 3. The van der Waals surface area contributed by atoms with Crippen LogP contribution in [0.15, 0.2) is 60.8 Å². The fourth-order valence-electron chi connectivity index (χ4n) is 2.19. The Labute approximate surface area is 170 Å². The Morgan fingerprint density at radius 1 is 1.20 bits per heavy atom. The van der Waals surface area contributed by atoms with E-state index in [1.165, 1.54) is 11.3 Å². The van der Waals surface area contributed by atoms with Crippen LogP contribution in [0.3, 0.4) is 0 Å². The summed E-state index contributed by atoms with van der Waals surface area (Å²) in [5.41, 5.74) is 2.46. The van der Waals surface area contributed by atoms with Crippen LogP contribution >= 0.6 is 54.8 Å². The molecule has 0 aliphatic carbocycles. The molecule has 1 N–H and O–H groups in total. The lowest BCUT2D eigenvalue weighted by atomic mass is 10.2. The molecule has 0 aliphatic heterocycles. The number of phenolic OH excluding ortho intramolecular Hbond substituents is 1. The highest BCUT2D eigenvalue weighted by Crippen LogP contribution is 2.30. The van der Waals surface area contributed by atoms with Gasteiger partial charge in [0.2, 0.25) is 4.80 Å². The highest BCUT2D eigenvalue weighted by molar-refractivity contribution is 9.11. The van der Waals surface area contributed by atoms with Gasteiger partial charge in [-0.25, -0.2) is 4.68 Å². The molecule has 128 valence electrons. The third-order valence-electron chi connectivity index (χ3n) is 3.39. The van der Waals surface area contributed by atoms with E-state index >= 15 is 0 Å². The maximum Gasteiger partial charge on any atom is 0.205 e. The fraction of sp³-hybridized carbons (Fsp3) is 0.0588. The van der Waals surface area contributed by atoms with Gasteiger partial charge in [0, 0.05) is 33.0 Å². The molecule has 0 aliphatic rings. The third-order valence-corrected chi connectivity index (χ3v) is 5.61. The van der Waals surface area contributed by atoms with E-state index < -0.39 is 0 Å². The molecule has 4 nitrogen and oxygen atoms in total. The van der Waals surface area contributed by atoms with Crippen molar-refractivity contribution in [3.8, 4) is 17.0 Å². The van der Waals surface area contributed by atoms with Crippen molar-refractivity contribution in [1.82, 2.24) is 4.68 Å². The van der Waals surface area contributed by atoms with E-state index in [0.29, 0.717) is 15.1 Å². The van der Waals surface area contributed by atoms with Crippen molar-refractivity contribution < 1.29 is 5.11 Å². The third kappa shape index (κ3) is 4.06. The quantitative estimate of drug-likeness (QED) is 0.473. The summed E-state index contributed by atoms with van der Waals surface area (Å²) in [6, 6.07) is 11.1. The van der Waals surface area contributed by atoms with Gasteiger partial charge in [-0.2, -0.15) is 5.10 Å². The number of hydrogen-bond acceptors (Lipinski definition) is 4. The second kappa shape index (κ2) is 7.86. The van der Waals surface area contributed by atoms with Gasteiger partial charge >= 0.3 is 0 Å². The van der Waals surface area contributed by atoms with Crippen LogP contribution in [0, 0.1) is 0 Å². The number of rotatable bonds is 3. The molecule has 0 bridgehead atoms. The molecule has 3 rings (SSSR count). The zero-order chi connectivity index (χ0) is 18.0. The van der Waals surface area contributed by atoms with E-state index in [0.717, 1.165) is 20.5 Å². The first-order chi connectivity index (χ1) is 12.0. The summed E-state index contributed by atoms with van der Waals surface area (Å²) < 4.78 is 3.17. The zero-order valence-corrected chi connectivity index (χ0v) is 17.7. The lowest BCUT2D eigenvalue weighted by Gasteiger charge is -2.05. The second-order valence-corrected chi connectivity index (χ2v) is 8.06. The van der Waals surface area contributed by atoms with Gasteiger partial charge in [-0.15, -0.1) is 11.3 Å². The maximum atomic E-state index is 10.2.